The normalized spacial score (nSPS) is 13.3. The summed E-state index contributed by atoms with van der Waals surface area (Å²) in [6, 6.07) is 17.1. The molecule has 0 saturated carbocycles. The summed E-state index contributed by atoms with van der Waals surface area (Å²) in [6.45, 7) is 4.53. The lowest BCUT2D eigenvalue weighted by Gasteiger charge is -2.24. The molecule has 0 radical (unpaired) electrons. The zero-order chi connectivity index (χ0) is 22.9. The van der Waals surface area contributed by atoms with Crippen LogP contribution in [-0.4, -0.2) is 39.5 Å². The van der Waals surface area contributed by atoms with Crippen molar-refractivity contribution in [3.63, 3.8) is 0 Å². The molecular formula is C26H30N4O2. The molecule has 0 spiro atoms. The summed E-state index contributed by atoms with van der Waals surface area (Å²) in [5, 5.41) is 13.9. The second-order valence-corrected chi connectivity index (χ2v) is 7.65. The van der Waals surface area contributed by atoms with Crippen LogP contribution in [0.5, 0.6) is 0 Å². The molecule has 0 aliphatic carbocycles. The Hall–Kier alpha value is -3.51. The maximum absolute atomic E-state index is 12.9. The van der Waals surface area contributed by atoms with E-state index in [-0.39, 0.29) is 11.9 Å². The van der Waals surface area contributed by atoms with Crippen LogP contribution in [0.25, 0.3) is 0 Å². The number of hydrogen-bond acceptors (Lipinski definition) is 5. The molecule has 0 aliphatic heterocycles. The van der Waals surface area contributed by atoms with E-state index in [0.29, 0.717) is 12.1 Å². The van der Waals surface area contributed by atoms with Crippen LogP contribution in [-0.2, 0) is 6.42 Å². The average Bonchev–Trinajstić information content (AvgIpc) is 2.86. The lowest BCUT2D eigenvalue weighted by atomic mass is 10.1. The van der Waals surface area contributed by atoms with E-state index in [4.69, 9.17) is 0 Å². The number of aliphatic hydroxyl groups is 1. The predicted octanol–water partition coefficient (Wildman–Crippen LogP) is 4.08. The highest BCUT2D eigenvalue weighted by Gasteiger charge is 2.20. The quantitative estimate of drug-likeness (QED) is 0.535. The summed E-state index contributed by atoms with van der Waals surface area (Å²) in [5.41, 5.74) is 4.14. The van der Waals surface area contributed by atoms with Gasteiger partial charge in [0.05, 0.1) is 17.9 Å². The number of nitrogens with one attached hydrogen (secondary N) is 1. The number of benzene rings is 2. The first kappa shape index (κ1) is 23.2. The molecule has 6 heteroatoms. The van der Waals surface area contributed by atoms with Gasteiger partial charge in [-0.3, -0.25) is 14.8 Å². The number of nitrogens with zero attached hydrogens (tertiary/aromatic N) is 3. The molecule has 1 aromatic heterocycles. The molecule has 2 atom stereocenters. The van der Waals surface area contributed by atoms with E-state index in [1.165, 1.54) is 0 Å². The van der Waals surface area contributed by atoms with Crippen molar-refractivity contribution in [2.45, 2.75) is 32.4 Å². The molecule has 2 N–H and O–H groups in total. The molecule has 0 aliphatic rings. The lowest BCUT2D eigenvalue weighted by Crippen LogP contribution is -2.30. The van der Waals surface area contributed by atoms with Gasteiger partial charge in [0.1, 0.15) is 6.10 Å². The maximum atomic E-state index is 12.9. The molecule has 6 nitrogen and oxygen atoms in total. The first-order chi connectivity index (χ1) is 15.5. The number of aliphatic hydroxyl groups excluding tert-OH is 1. The maximum Gasteiger partial charge on any atom is 0.254 e. The third-order valence-electron chi connectivity index (χ3n) is 5.58. The molecule has 166 valence electrons. The van der Waals surface area contributed by atoms with Crippen molar-refractivity contribution in [2.75, 3.05) is 13.6 Å². The van der Waals surface area contributed by atoms with Gasteiger partial charge in [-0.1, -0.05) is 48.5 Å². The van der Waals surface area contributed by atoms with Gasteiger partial charge in [-0.25, -0.2) is 0 Å². The molecule has 3 aromatic rings. The Morgan fingerprint density at radius 2 is 1.84 bits per heavy atom. The number of carbonyl (C=O) groups excluding carboxylic acids is 1. The SMILES string of the molecule is C/C=C(\NCCc1ccc(C(=O)N(C)C(C)c2cnccn2)cc1)[C@H](O)c1ccccc1. The van der Waals surface area contributed by atoms with Crippen molar-refractivity contribution in [1.82, 2.24) is 20.2 Å². The fraction of sp³-hybridized carbons (Fsp3) is 0.269. The van der Waals surface area contributed by atoms with E-state index in [2.05, 4.69) is 15.3 Å². The Bertz CT molecular complexity index is 1020. The van der Waals surface area contributed by atoms with Crippen LogP contribution in [0.4, 0.5) is 0 Å². The van der Waals surface area contributed by atoms with E-state index in [9.17, 15) is 9.90 Å². The molecule has 32 heavy (non-hydrogen) atoms. The van der Waals surface area contributed by atoms with Crippen LogP contribution in [0.3, 0.4) is 0 Å². The van der Waals surface area contributed by atoms with E-state index in [0.717, 1.165) is 28.9 Å². The van der Waals surface area contributed by atoms with Gasteiger partial charge in [0.2, 0.25) is 0 Å². The van der Waals surface area contributed by atoms with Crippen LogP contribution in [0, 0.1) is 0 Å². The molecule has 1 heterocycles. The minimum Gasteiger partial charge on any atom is -0.386 e. The van der Waals surface area contributed by atoms with Crippen molar-refractivity contribution in [3.8, 4) is 0 Å². The van der Waals surface area contributed by atoms with Gasteiger partial charge in [0, 0.05) is 37.2 Å². The number of carbonyl (C=O) groups is 1. The summed E-state index contributed by atoms with van der Waals surface area (Å²) in [6.07, 6.45) is 6.93. The third-order valence-corrected chi connectivity index (χ3v) is 5.58. The minimum atomic E-state index is -0.673. The van der Waals surface area contributed by atoms with E-state index in [1.807, 2.05) is 74.5 Å². The van der Waals surface area contributed by atoms with Gasteiger partial charge in [0.25, 0.3) is 5.91 Å². The summed E-state index contributed by atoms with van der Waals surface area (Å²) in [7, 11) is 1.77. The van der Waals surface area contributed by atoms with Crippen LogP contribution < -0.4 is 5.32 Å². The Balaban J connectivity index is 1.54. The molecule has 0 saturated heterocycles. The zero-order valence-electron chi connectivity index (χ0n) is 18.8. The first-order valence-electron chi connectivity index (χ1n) is 10.8. The molecule has 3 rings (SSSR count). The summed E-state index contributed by atoms with van der Waals surface area (Å²) in [5.74, 6) is -0.0602. The van der Waals surface area contributed by atoms with Crippen molar-refractivity contribution < 1.29 is 9.90 Å². The molecule has 1 unspecified atom stereocenters. The van der Waals surface area contributed by atoms with Crippen molar-refractivity contribution in [1.29, 1.82) is 0 Å². The third kappa shape index (κ3) is 5.80. The number of rotatable bonds is 9. The van der Waals surface area contributed by atoms with Crippen LogP contribution in [0.15, 0.2) is 85.0 Å². The lowest BCUT2D eigenvalue weighted by molar-refractivity contribution is 0.0739. The van der Waals surface area contributed by atoms with E-state index in [1.54, 1.807) is 30.5 Å². The Kier molecular flexibility index (Phi) is 8.11. The second kappa shape index (κ2) is 11.2. The molecule has 1 amide bonds. The highest BCUT2D eigenvalue weighted by molar-refractivity contribution is 5.94. The van der Waals surface area contributed by atoms with Crippen molar-refractivity contribution in [3.05, 3.63) is 107 Å². The predicted molar refractivity (Wildman–Crippen MR) is 126 cm³/mol. The van der Waals surface area contributed by atoms with Crippen LogP contribution >= 0.6 is 0 Å². The molecular weight excluding hydrogens is 400 g/mol. The smallest absolute Gasteiger partial charge is 0.254 e. The van der Waals surface area contributed by atoms with Gasteiger partial charge in [-0.15, -0.1) is 0 Å². The highest BCUT2D eigenvalue weighted by Crippen LogP contribution is 2.20. The van der Waals surface area contributed by atoms with Gasteiger partial charge >= 0.3 is 0 Å². The van der Waals surface area contributed by atoms with Gasteiger partial charge < -0.3 is 15.3 Å². The standard InChI is InChI=1S/C26H30N4O2/c1-4-23(25(31)21-8-6-5-7-9-21)28-15-14-20-10-12-22(13-11-20)26(32)30(3)19(2)24-18-27-16-17-29-24/h4-13,16-19,25,28,31H,14-15H2,1-3H3/b23-4-/t19?,25-/m1/s1. The van der Waals surface area contributed by atoms with Crippen molar-refractivity contribution >= 4 is 5.91 Å². The number of amides is 1. The summed E-state index contributed by atoms with van der Waals surface area (Å²) >= 11 is 0. The van der Waals surface area contributed by atoms with Gasteiger partial charge in [-0.05, 0) is 43.5 Å². The highest BCUT2D eigenvalue weighted by atomic mass is 16.3. The zero-order valence-corrected chi connectivity index (χ0v) is 18.8. The monoisotopic (exact) mass is 430 g/mol. The van der Waals surface area contributed by atoms with Crippen LogP contribution in [0.2, 0.25) is 0 Å². The largest absolute Gasteiger partial charge is 0.386 e. The van der Waals surface area contributed by atoms with Crippen LogP contribution in [0.1, 0.15) is 53.2 Å². The molecule has 2 aromatic carbocycles. The topological polar surface area (TPSA) is 78.4 Å². The summed E-state index contributed by atoms with van der Waals surface area (Å²) in [4.78, 5) is 22.9. The number of allylic oxidation sites excluding steroid dienone is 1. The Morgan fingerprint density at radius 1 is 1.12 bits per heavy atom. The fourth-order valence-corrected chi connectivity index (χ4v) is 3.44. The Labute approximate surface area is 189 Å². The number of aromatic nitrogens is 2. The van der Waals surface area contributed by atoms with E-state index < -0.39 is 6.10 Å². The van der Waals surface area contributed by atoms with E-state index >= 15 is 0 Å². The van der Waals surface area contributed by atoms with Crippen molar-refractivity contribution in [2.24, 2.45) is 0 Å². The van der Waals surface area contributed by atoms with Gasteiger partial charge in [0.15, 0.2) is 0 Å². The first-order valence-corrected chi connectivity index (χ1v) is 10.8. The summed E-state index contributed by atoms with van der Waals surface area (Å²) < 4.78 is 0. The minimum absolute atomic E-state index is 0.0602. The Morgan fingerprint density at radius 3 is 2.47 bits per heavy atom. The molecule has 0 fully saturated rings. The average molecular weight is 431 g/mol. The van der Waals surface area contributed by atoms with Gasteiger partial charge in [-0.2, -0.15) is 0 Å². The number of hydrogen-bond donors (Lipinski definition) is 2. The molecule has 0 bridgehead atoms. The fourth-order valence-electron chi connectivity index (χ4n) is 3.44. The second-order valence-electron chi connectivity index (χ2n) is 7.65.